The molecule has 196 valence electrons. The van der Waals surface area contributed by atoms with E-state index in [0.717, 1.165) is 38.9 Å². The fourth-order valence-electron chi connectivity index (χ4n) is 6.52. The molecule has 4 heterocycles. The lowest BCUT2D eigenvalue weighted by atomic mass is 9.76. The van der Waals surface area contributed by atoms with Crippen molar-refractivity contribution in [3.05, 3.63) is 24.3 Å². The number of nitrogens with one attached hydrogen (secondary N) is 1. The molecule has 5 rings (SSSR count). The van der Waals surface area contributed by atoms with Crippen LogP contribution in [0.1, 0.15) is 38.5 Å². The van der Waals surface area contributed by atoms with E-state index >= 15 is 0 Å². The Morgan fingerprint density at radius 2 is 1.81 bits per heavy atom. The Bertz CT molecular complexity index is 963. The van der Waals surface area contributed by atoms with E-state index in [0.29, 0.717) is 80.8 Å². The van der Waals surface area contributed by atoms with Crippen LogP contribution >= 0.6 is 0 Å². The molecule has 0 aromatic heterocycles. The van der Waals surface area contributed by atoms with Crippen LogP contribution in [0.5, 0.6) is 11.5 Å². The van der Waals surface area contributed by atoms with Crippen LogP contribution in [0, 0.1) is 17.8 Å². The van der Waals surface area contributed by atoms with Crippen molar-refractivity contribution in [3.63, 3.8) is 0 Å². The molecule has 1 aromatic rings. The number of para-hydroxylation sites is 2. The number of ether oxygens (including phenoxy) is 2. The molecule has 1 aromatic carbocycles. The Labute approximate surface area is 213 Å². The van der Waals surface area contributed by atoms with Crippen LogP contribution in [-0.4, -0.2) is 91.6 Å². The molecule has 4 saturated heterocycles. The number of nitrogens with zero attached hydrogens (tertiary/aromatic N) is 3. The number of amides is 4. The molecule has 36 heavy (non-hydrogen) atoms. The topological polar surface area (TPSA) is 91.4 Å². The van der Waals surface area contributed by atoms with E-state index in [-0.39, 0.29) is 17.9 Å². The summed E-state index contributed by atoms with van der Waals surface area (Å²) in [5.41, 5.74) is 0. The van der Waals surface area contributed by atoms with Crippen molar-refractivity contribution in [1.29, 1.82) is 0 Å². The average Bonchev–Trinajstić information content (AvgIpc) is 2.91. The number of piperidine rings is 4. The highest BCUT2D eigenvalue weighted by Gasteiger charge is 2.45. The fraction of sp³-hybridized carbons (Fsp3) is 0.667. The lowest BCUT2D eigenvalue weighted by molar-refractivity contribution is -0.144. The quantitative estimate of drug-likeness (QED) is 0.608. The monoisotopic (exact) mass is 498 g/mol. The number of carbonyl (C=O) groups excluding carboxylic acids is 3. The summed E-state index contributed by atoms with van der Waals surface area (Å²) < 4.78 is 11.0. The summed E-state index contributed by atoms with van der Waals surface area (Å²) in [6.07, 6.45) is 5.19. The second kappa shape index (κ2) is 11.0. The van der Waals surface area contributed by atoms with Crippen LogP contribution in [0.2, 0.25) is 0 Å². The van der Waals surface area contributed by atoms with Crippen LogP contribution in [0.15, 0.2) is 24.3 Å². The van der Waals surface area contributed by atoms with Crippen molar-refractivity contribution in [3.8, 4) is 11.5 Å². The molecule has 9 nitrogen and oxygen atoms in total. The van der Waals surface area contributed by atoms with E-state index in [1.54, 1.807) is 7.11 Å². The van der Waals surface area contributed by atoms with Gasteiger partial charge in [-0.25, -0.2) is 4.79 Å². The predicted molar refractivity (Wildman–Crippen MR) is 134 cm³/mol. The average molecular weight is 499 g/mol. The molecule has 4 amide bonds. The highest BCUT2D eigenvalue weighted by molar-refractivity contribution is 5.80. The summed E-state index contributed by atoms with van der Waals surface area (Å²) in [4.78, 5) is 44.4. The van der Waals surface area contributed by atoms with Gasteiger partial charge in [0.1, 0.15) is 6.61 Å². The summed E-state index contributed by atoms with van der Waals surface area (Å²) in [5, 5.41) is 2.97. The van der Waals surface area contributed by atoms with Crippen LogP contribution < -0.4 is 14.8 Å². The highest BCUT2D eigenvalue weighted by Crippen LogP contribution is 2.38. The van der Waals surface area contributed by atoms with E-state index in [2.05, 4.69) is 10.2 Å². The molecular formula is C27H38N4O5. The first-order valence-electron chi connectivity index (χ1n) is 13.4. The first kappa shape index (κ1) is 24.7. The Morgan fingerprint density at radius 3 is 2.58 bits per heavy atom. The van der Waals surface area contributed by atoms with Gasteiger partial charge in [-0.15, -0.1) is 0 Å². The molecule has 1 N–H and O–H groups in total. The van der Waals surface area contributed by atoms with Crippen molar-refractivity contribution in [1.82, 2.24) is 20.0 Å². The van der Waals surface area contributed by atoms with Gasteiger partial charge >= 0.3 is 6.03 Å². The number of hydrogen-bond donors (Lipinski definition) is 1. The first-order chi connectivity index (χ1) is 17.5. The zero-order valence-electron chi connectivity index (χ0n) is 21.2. The number of fused-ring (bicyclic) bond motifs is 4. The van der Waals surface area contributed by atoms with Gasteiger partial charge < -0.3 is 29.5 Å². The third-order valence-corrected chi connectivity index (χ3v) is 8.31. The molecule has 0 saturated carbocycles. The zero-order valence-corrected chi connectivity index (χ0v) is 21.2. The summed E-state index contributed by atoms with van der Waals surface area (Å²) in [6.45, 7) is 4.28. The molecule has 3 atom stereocenters. The zero-order chi connectivity index (χ0) is 25.1. The van der Waals surface area contributed by atoms with E-state index in [1.807, 2.05) is 34.1 Å². The number of hydrogen-bond acceptors (Lipinski definition) is 5. The van der Waals surface area contributed by atoms with Crippen molar-refractivity contribution < 1.29 is 23.9 Å². The van der Waals surface area contributed by atoms with E-state index < -0.39 is 0 Å². The van der Waals surface area contributed by atoms with Gasteiger partial charge in [-0.2, -0.15) is 0 Å². The summed E-state index contributed by atoms with van der Waals surface area (Å²) >= 11 is 0. The number of methoxy groups -OCH3 is 1. The Balaban J connectivity index is 1.05. The van der Waals surface area contributed by atoms with E-state index in [9.17, 15) is 14.4 Å². The van der Waals surface area contributed by atoms with Gasteiger partial charge in [0.25, 0.3) is 0 Å². The molecule has 4 aliphatic heterocycles. The second-order valence-corrected chi connectivity index (χ2v) is 10.6. The summed E-state index contributed by atoms with van der Waals surface area (Å²) in [7, 11) is 1.60. The first-order valence-corrected chi connectivity index (χ1v) is 13.4. The minimum absolute atomic E-state index is 0.0280. The number of carbonyl (C=O) groups is 3. The minimum Gasteiger partial charge on any atom is -0.493 e. The standard InChI is InChI=1S/C27H38N4O5/c1-35-23-6-2-3-7-24(23)36-14-11-28-26(33)20-9-12-29(13-10-20)27(34)30-16-19-15-21(18-30)22-5-4-8-25(32)31(22)17-19/h2-3,6-7,19-22H,4-5,8-18H2,1H3,(H,28,33)/t19-,21+,22+/m0/s1. The van der Waals surface area contributed by atoms with Crippen molar-refractivity contribution in [2.24, 2.45) is 17.8 Å². The number of benzene rings is 1. The van der Waals surface area contributed by atoms with Gasteiger partial charge in [-0.05, 0) is 56.1 Å². The normalized spacial score (nSPS) is 26.3. The number of urea groups is 1. The van der Waals surface area contributed by atoms with Crippen molar-refractivity contribution in [2.75, 3.05) is 53.0 Å². The molecule has 0 radical (unpaired) electrons. The molecule has 0 spiro atoms. The molecule has 0 aliphatic carbocycles. The fourth-order valence-corrected chi connectivity index (χ4v) is 6.52. The maximum absolute atomic E-state index is 13.3. The Hall–Kier alpha value is -2.97. The SMILES string of the molecule is COc1ccccc1OCCNC(=O)C1CCN(C(=O)N2C[C@@H]3C[C@H](C2)[C@H]2CCCC(=O)N2C3)CC1. The van der Waals surface area contributed by atoms with E-state index in [1.165, 1.54) is 0 Å². The second-order valence-electron chi connectivity index (χ2n) is 10.6. The Morgan fingerprint density at radius 1 is 1.03 bits per heavy atom. The molecule has 4 aliphatic rings. The van der Waals surface area contributed by atoms with Gasteiger partial charge in [0.15, 0.2) is 11.5 Å². The molecule has 2 bridgehead atoms. The van der Waals surface area contributed by atoms with Crippen LogP contribution in [-0.2, 0) is 9.59 Å². The maximum Gasteiger partial charge on any atom is 0.320 e. The third kappa shape index (κ3) is 5.25. The van der Waals surface area contributed by atoms with Gasteiger partial charge in [-0.3, -0.25) is 9.59 Å². The predicted octanol–water partition coefficient (Wildman–Crippen LogP) is 2.36. The number of rotatable bonds is 6. The lowest BCUT2D eigenvalue weighted by Gasteiger charge is -2.53. The van der Waals surface area contributed by atoms with Gasteiger partial charge in [-0.1, -0.05) is 12.1 Å². The van der Waals surface area contributed by atoms with Crippen LogP contribution in [0.3, 0.4) is 0 Å². The Kier molecular flexibility index (Phi) is 7.53. The van der Waals surface area contributed by atoms with Crippen molar-refractivity contribution >= 4 is 17.8 Å². The summed E-state index contributed by atoms with van der Waals surface area (Å²) in [6, 6.07) is 7.85. The maximum atomic E-state index is 13.3. The van der Waals surface area contributed by atoms with Gasteiger partial charge in [0.2, 0.25) is 11.8 Å². The lowest BCUT2D eigenvalue weighted by Crippen LogP contribution is -2.62. The third-order valence-electron chi connectivity index (χ3n) is 8.31. The van der Waals surface area contributed by atoms with Crippen molar-refractivity contribution in [2.45, 2.75) is 44.6 Å². The smallest absolute Gasteiger partial charge is 0.320 e. The van der Waals surface area contributed by atoms with Crippen LogP contribution in [0.4, 0.5) is 4.79 Å². The van der Waals surface area contributed by atoms with Gasteiger partial charge in [0, 0.05) is 51.1 Å². The highest BCUT2D eigenvalue weighted by atomic mass is 16.5. The number of likely N-dealkylation sites (tertiary alicyclic amines) is 2. The molecule has 9 heteroatoms. The summed E-state index contributed by atoms with van der Waals surface area (Å²) in [5.74, 6) is 2.35. The minimum atomic E-state index is -0.0807. The van der Waals surface area contributed by atoms with Gasteiger partial charge in [0.05, 0.1) is 13.7 Å². The largest absolute Gasteiger partial charge is 0.493 e. The molecule has 4 fully saturated rings. The van der Waals surface area contributed by atoms with Crippen LogP contribution in [0.25, 0.3) is 0 Å². The molecule has 0 unspecified atom stereocenters. The van der Waals surface area contributed by atoms with E-state index in [4.69, 9.17) is 9.47 Å². The molecular weight excluding hydrogens is 460 g/mol.